The summed E-state index contributed by atoms with van der Waals surface area (Å²) in [5.74, 6) is -0.167. The van der Waals surface area contributed by atoms with Crippen molar-refractivity contribution in [3.05, 3.63) is 87.1 Å². The summed E-state index contributed by atoms with van der Waals surface area (Å²) in [5.41, 5.74) is 1.30. The van der Waals surface area contributed by atoms with Gasteiger partial charge in [0.2, 0.25) is 5.76 Å². The van der Waals surface area contributed by atoms with Gasteiger partial charge in [0, 0.05) is 28.3 Å². The van der Waals surface area contributed by atoms with Crippen LogP contribution in [0.5, 0.6) is 0 Å². The van der Waals surface area contributed by atoms with E-state index in [-0.39, 0.29) is 11.4 Å². The van der Waals surface area contributed by atoms with Crippen LogP contribution in [0.2, 0.25) is 5.02 Å². The van der Waals surface area contributed by atoms with Gasteiger partial charge in [0.15, 0.2) is 0 Å². The van der Waals surface area contributed by atoms with Crippen LogP contribution in [-0.2, 0) is 4.74 Å². The van der Waals surface area contributed by atoms with Crippen LogP contribution < -0.4 is 0 Å². The van der Waals surface area contributed by atoms with Crippen molar-refractivity contribution in [1.82, 2.24) is 0 Å². The average molecular weight is 372 g/mol. The number of nitro groups is 1. The monoisotopic (exact) mass is 371 g/mol. The third-order valence-electron chi connectivity index (χ3n) is 3.80. The van der Waals surface area contributed by atoms with Crippen molar-refractivity contribution >= 4 is 23.3 Å². The topological polar surface area (TPSA) is 82.6 Å². The fourth-order valence-electron chi connectivity index (χ4n) is 2.44. The largest absolute Gasteiger partial charge is 0.452 e. The van der Waals surface area contributed by atoms with E-state index < -0.39 is 17.0 Å². The summed E-state index contributed by atoms with van der Waals surface area (Å²) in [7, 11) is 0. The average Bonchev–Trinajstić information content (AvgIpc) is 3.12. The molecule has 0 saturated heterocycles. The molecule has 1 heterocycles. The van der Waals surface area contributed by atoms with E-state index >= 15 is 0 Å². The molecule has 0 spiro atoms. The van der Waals surface area contributed by atoms with Gasteiger partial charge in [-0.25, -0.2) is 4.79 Å². The summed E-state index contributed by atoms with van der Waals surface area (Å²) in [4.78, 5) is 22.5. The molecule has 0 amide bonds. The molecule has 0 bridgehead atoms. The number of carbonyl (C=O) groups excluding carboxylic acids is 1. The number of hydrogen-bond donors (Lipinski definition) is 0. The van der Waals surface area contributed by atoms with Gasteiger partial charge in [-0.05, 0) is 37.3 Å². The van der Waals surface area contributed by atoms with Crippen molar-refractivity contribution in [3.8, 4) is 11.3 Å². The number of halogens is 1. The Labute approximate surface area is 154 Å². The summed E-state index contributed by atoms with van der Waals surface area (Å²) in [6, 6.07) is 16.1. The summed E-state index contributed by atoms with van der Waals surface area (Å²) in [6.07, 6.45) is -0.538. The lowest BCUT2D eigenvalue weighted by Crippen LogP contribution is -2.08. The molecule has 7 heteroatoms. The highest BCUT2D eigenvalue weighted by molar-refractivity contribution is 6.31. The van der Waals surface area contributed by atoms with Crippen molar-refractivity contribution in [2.24, 2.45) is 0 Å². The van der Waals surface area contributed by atoms with Crippen molar-refractivity contribution in [3.63, 3.8) is 0 Å². The lowest BCUT2D eigenvalue weighted by atomic mass is 10.1. The maximum atomic E-state index is 12.3. The lowest BCUT2D eigenvalue weighted by molar-refractivity contribution is -0.384. The Morgan fingerprint density at radius 1 is 1.12 bits per heavy atom. The Morgan fingerprint density at radius 3 is 2.46 bits per heavy atom. The summed E-state index contributed by atoms with van der Waals surface area (Å²) in [5, 5.41) is 11.2. The molecule has 132 valence electrons. The molecule has 0 N–H and O–H groups in total. The lowest BCUT2D eigenvalue weighted by Gasteiger charge is -2.13. The smallest absolute Gasteiger partial charge is 0.374 e. The van der Waals surface area contributed by atoms with Crippen molar-refractivity contribution in [2.45, 2.75) is 13.0 Å². The number of furan rings is 1. The highest BCUT2D eigenvalue weighted by Gasteiger charge is 2.19. The Morgan fingerprint density at radius 2 is 1.81 bits per heavy atom. The number of carbonyl (C=O) groups is 1. The van der Waals surface area contributed by atoms with E-state index in [2.05, 4.69) is 0 Å². The van der Waals surface area contributed by atoms with Gasteiger partial charge in [-0.15, -0.1) is 0 Å². The normalized spacial score (nSPS) is 11.8. The van der Waals surface area contributed by atoms with Crippen LogP contribution in [0.3, 0.4) is 0 Å². The zero-order chi connectivity index (χ0) is 18.7. The fraction of sp³-hybridized carbons (Fsp3) is 0.105. The summed E-state index contributed by atoms with van der Waals surface area (Å²) >= 11 is 6.11. The summed E-state index contributed by atoms with van der Waals surface area (Å²) < 4.78 is 10.9. The number of nitrogens with zero attached hydrogens (tertiary/aromatic N) is 1. The Hall–Kier alpha value is -3.12. The van der Waals surface area contributed by atoms with E-state index in [1.165, 1.54) is 18.2 Å². The molecule has 0 aliphatic rings. The molecule has 1 aromatic heterocycles. The minimum Gasteiger partial charge on any atom is -0.452 e. The van der Waals surface area contributed by atoms with Crippen molar-refractivity contribution in [1.29, 1.82) is 0 Å². The molecule has 6 nitrogen and oxygen atoms in total. The first-order chi connectivity index (χ1) is 12.5. The third kappa shape index (κ3) is 3.75. The fourth-order valence-corrected chi connectivity index (χ4v) is 2.73. The van der Waals surface area contributed by atoms with Crippen LogP contribution in [0, 0.1) is 10.1 Å². The number of esters is 1. The standard InChI is InChI=1S/C19H14ClNO5/c1-12(15-4-2-3-5-16(15)20)25-19(22)18-11-10-17(26-18)13-6-8-14(9-7-13)21(23)24/h2-12H,1H3/t12-/m1/s1. The minimum absolute atomic E-state index is 0.0199. The van der Waals surface area contributed by atoms with E-state index in [9.17, 15) is 14.9 Å². The van der Waals surface area contributed by atoms with Crippen molar-refractivity contribution < 1.29 is 18.9 Å². The second-order valence-corrected chi connectivity index (χ2v) is 5.94. The van der Waals surface area contributed by atoms with E-state index in [4.69, 9.17) is 20.8 Å². The Kier molecular flexibility index (Phi) is 5.04. The number of nitro benzene ring substituents is 1. The molecule has 0 aliphatic carbocycles. The highest BCUT2D eigenvalue weighted by atomic mass is 35.5. The number of benzene rings is 2. The SMILES string of the molecule is C[C@@H](OC(=O)c1ccc(-c2ccc([N+](=O)[O-])cc2)o1)c1ccccc1Cl. The van der Waals surface area contributed by atoms with Gasteiger partial charge in [0.1, 0.15) is 11.9 Å². The first kappa shape index (κ1) is 17.7. The predicted octanol–water partition coefficient (Wildman–Crippen LogP) is 5.43. The van der Waals surface area contributed by atoms with E-state index in [0.29, 0.717) is 21.9 Å². The van der Waals surface area contributed by atoms with Gasteiger partial charge in [0.05, 0.1) is 4.92 Å². The second-order valence-electron chi connectivity index (χ2n) is 5.54. The second kappa shape index (κ2) is 7.41. The molecule has 3 rings (SSSR count). The van der Waals surface area contributed by atoms with Gasteiger partial charge in [0.25, 0.3) is 5.69 Å². The van der Waals surface area contributed by atoms with E-state index in [1.807, 2.05) is 6.07 Å². The van der Waals surface area contributed by atoms with E-state index in [1.54, 1.807) is 43.3 Å². The molecule has 1 atom stereocenters. The van der Waals surface area contributed by atoms with Gasteiger partial charge in [-0.1, -0.05) is 29.8 Å². The molecule has 0 radical (unpaired) electrons. The molecule has 26 heavy (non-hydrogen) atoms. The maximum Gasteiger partial charge on any atom is 0.374 e. The Balaban J connectivity index is 1.73. The molecule has 0 fully saturated rings. The van der Waals surface area contributed by atoms with Crippen LogP contribution >= 0.6 is 11.6 Å². The minimum atomic E-state index is -0.620. The van der Waals surface area contributed by atoms with Gasteiger partial charge >= 0.3 is 5.97 Å². The number of rotatable bonds is 5. The van der Waals surface area contributed by atoms with E-state index in [0.717, 1.165) is 0 Å². The van der Waals surface area contributed by atoms with Crippen LogP contribution in [0.25, 0.3) is 11.3 Å². The summed E-state index contributed by atoms with van der Waals surface area (Å²) in [6.45, 7) is 1.72. The quantitative estimate of drug-likeness (QED) is 0.339. The molecule has 0 unspecified atom stereocenters. The maximum absolute atomic E-state index is 12.3. The van der Waals surface area contributed by atoms with Crippen molar-refractivity contribution in [2.75, 3.05) is 0 Å². The number of ether oxygens (including phenoxy) is 1. The number of hydrogen-bond acceptors (Lipinski definition) is 5. The van der Waals surface area contributed by atoms with Gasteiger partial charge in [-0.2, -0.15) is 0 Å². The zero-order valence-electron chi connectivity index (χ0n) is 13.7. The Bertz CT molecular complexity index is 949. The van der Waals surface area contributed by atoms with Gasteiger partial charge in [-0.3, -0.25) is 10.1 Å². The zero-order valence-corrected chi connectivity index (χ0v) is 14.5. The predicted molar refractivity (Wildman–Crippen MR) is 96.1 cm³/mol. The molecular formula is C19H14ClNO5. The molecule has 0 aliphatic heterocycles. The highest BCUT2D eigenvalue weighted by Crippen LogP contribution is 2.28. The first-order valence-corrected chi connectivity index (χ1v) is 8.13. The molecule has 2 aromatic carbocycles. The molecular weight excluding hydrogens is 358 g/mol. The number of non-ortho nitro benzene ring substituents is 1. The first-order valence-electron chi connectivity index (χ1n) is 7.76. The van der Waals surface area contributed by atoms with Crippen LogP contribution in [0.15, 0.2) is 65.1 Å². The molecule has 0 saturated carbocycles. The third-order valence-corrected chi connectivity index (χ3v) is 4.14. The van der Waals surface area contributed by atoms with Crippen LogP contribution in [0.4, 0.5) is 5.69 Å². The molecule has 3 aromatic rings. The van der Waals surface area contributed by atoms with Crippen LogP contribution in [0.1, 0.15) is 29.1 Å². The van der Waals surface area contributed by atoms with Gasteiger partial charge < -0.3 is 9.15 Å². The van der Waals surface area contributed by atoms with Crippen LogP contribution in [-0.4, -0.2) is 10.9 Å².